The average Bonchev–Trinajstić information content (AvgIpc) is 3.17. The number of carbonyl (C=O) groups excluding carboxylic acids is 4. The molecule has 2 amide bonds. The normalized spacial score (nSPS) is 21.5. The first kappa shape index (κ1) is 22.7. The Balaban J connectivity index is 1.24. The number of rotatable bonds is 6. The fourth-order valence-electron chi connectivity index (χ4n) is 5.13. The molecule has 5 rings (SSSR count). The van der Waals surface area contributed by atoms with E-state index in [-0.39, 0.29) is 47.5 Å². The van der Waals surface area contributed by atoms with Crippen LogP contribution < -0.4 is 4.90 Å². The van der Waals surface area contributed by atoms with E-state index >= 15 is 0 Å². The lowest BCUT2D eigenvalue weighted by molar-refractivity contribution is -0.122. The fourth-order valence-corrected chi connectivity index (χ4v) is 5.13. The van der Waals surface area contributed by atoms with Gasteiger partial charge in [-0.15, -0.1) is 0 Å². The molecule has 2 fully saturated rings. The van der Waals surface area contributed by atoms with Crippen molar-refractivity contribution in [3.63, 3.8) is 0 Å². The standard InChI is InChI=1S/C29H25NO5/c31-26(20-9-5-2-6-10-20)18-35-29(34)21-11-14-23(15-12-21)30-27(32)24-16-13-22(17-25(24)28(30)33)19-7-3-1-4-8-19/h1-12,14-15,22,24-25H,13,16-18H2/t22-,24-,25+/m0/s1. The van der Waals surface area contributed by atoms with Crippen LogP contribution in [0.3, 0.4) is 0 Å². The molecular weight excluding hydrogens is 442 g/mol. The minimum Gasteiger partial charge on any atom is -0.454 e. The lowest BCUT2D eigenvalue weighted by Crippen LogP contribution is -2.30. The van der Waals surface area contributed by atoms with Crippen LogP contribution in [0.5, 0.6) is 0 Å². The molecule has 0 spiro atoms. The van der Waals surface area contributed by atoms with Gasteiger partial charge in [-0.25, -0.2) is 4.79 Å². The van der Waals surface area contributed by atoms with E-state index < -0.39 is 5.97 Å². The quantitative estimate of drug-likeness (QED) is 0.296. The van der Waals surface area contributed by atoms with Gasteiger partial charge in [0, 0.05) is 5.56 Å². The van der Waals surface area contributed by atoms with Crippen molar-refractivity contribution in [3.05, 3.63) is 102 Å². The third-order valence-corrected chi connectivity index (χ3v) is 6.99. The van der Waals surface area contributed by atoms with E-state index in [1.165, 1.54) is 22.6 Å². The zero-order valence-electron chi connectivity index (χ0n) is 19.1. The number of hydrogen-bond donors (Lipinski definition) is 0. The number of fused-ring (bicyclic) bond motifs is 1. The molecule has 1 aliphatic heterocycles. The molecule has 1 aliphatic carbocycles. The van der Waals surface area contributed by atoms with E-state index in [0.717, 1.165) is 6.42 Å². The molecule has 35 heavy (non-hydrogen) atoms. The van der Waals surface area contributed by atoms with Gasteiger partial charge in [0.2, 0.25) is 11.8 Å². The van der Waals surface area contributed by atoms with Gasteiger partial charge >= 0.3 is 5.97 Å². The summed E-state index contributed by atoms with van der Waals surface area (Å²) in [5.41, 5.74) is 2.37. The second-order valence-corrected chi connectivity index (χ2v) is 9.06. The van der Waals surface area contributed by atoms with Crippen molar-refractivity contribution in [1.82, 2.24) is 0 Å². The topological polar surface area (TPSA) is 80.8 Å². The van der Waals surface area contributed by atoms with E-state index in [9.17, 15) is 19.2 Å². The molecule has 1 heterocycles. The average molecular weight is 468 g/mol. The number of ether oxygens (including phenoxy) is 1. The Morgan fingerprint density at radius 3 is 2.06 bits per heavy atom. The predicted octanol–water partition coefficient (Wildman–Crippen LogP) is 4.80. The maximum Gasteiger partial charge on any atom is 0.338 e. The van der Waals surface area contributed by atoms with Gasteiger partial charge in [-0.1, -0.05) is 60.7 Å². The molecule has 0 N–H and O–H groups in total. The van der Waals surface area contributed by atoms with E-state index in [4.69, 9.17) is 4.74 Å². The number of nitrogens with zero attached hydrogens (tertiary/aromatic N) is 1. The molecule has 3 aromatic rings. The monoisotopic (exact) mass is 467 g/mol. The molecule has 3 atom stereocenters. The molecule has 6 heteroatoms. The highest BCUT2D eigenvalue weighted by molar-refractivity contribution is 6.22. The molecule has 0 unspecified atom stereocenters. The van der Waals surface area contributed by atoms with Crippen molar-refractivity contribution >= 4 is 29.3 Å². The molecule has 1 saturated heterocycles. The number of esters is 1. The maximum atomic E-state index is 13.2. The predicted molar refractivity (Wildman–Crippen MR) is 130 cm³/mol. The summed E-state index contributed by atoms with van der Waals surface area (Å²) in [6.07, 6.45) is 2.23. The molecule has 1 saturated carbocycles. The largest absolute Gasteiger partial charge is 0.454 e. The number of imide groups is 1. The van der Waals surface area contributed by atoms with Crippen molar-refractivity contribution in [2.24, 2.45) is 11.8 Å². The van der Waals surface area contributed by atoms with Crippen molar-refractivity contribution < 1.29 is 23.9 Å². The summed E-state index contributed by atoms with van der Waals surface area (Å²) in [4.78, 5) is 52.2. The molecule has 0 radical (unpaired) electrons. The smallest absolute Gasteiger partial charge is 0.338 e. The van der Waals surface area contributed by atoms with Crippen LogP contribution in [0.15, 0.2) is 84.9 Å². The first-order chi connectivity index (χ1) is 17.0. The second kappa shape index (κ2) is 9.66. The Kier molecular flexibility index (Phi) is 6.27. The summed E-state index contributed by atoms with van der Waals surface area (Å²) in [7, 11) is 0. The Morgan fingerprint density at radius 2 is 1.37 bits per heavy atom. The van der Waals surface area contributed by atoms with Crippen LogP contribution in [0.2, 0.25) is 0 Å². The lowest BCUT2D eigenvalue weighted by Gasteiger charge is -2.28. The number of Topliss-reactive ketones (excluding diaryl/α,β-unsaturated/α-hetero) is 1. The molecule has 0 aromatic heterocycles. The van der Waals surface area contributed by atoms with Crippen LogP contribution >= 0.6 is 0 Å². The van der Waals surface area contributed by atoms with E-state index in [0.29, 0.717) is 24.1 Å². The summed E-state index contributed by atoms with van der Waals surface area (Å²) in [5, 5.41) is 0. The van der Waals surface area contributed by atoms with Gasteiger partial charge < -0.3 is 4.74 Å². The van der Waals surface area contributed by atoms with Crippen LogP contribution in [0.1, 0.15) is 51.5 Å². The molecule has 3 aromatic carbocycles. The van der Waals surface area contributed by atoms with Crippen LogP contribution in [-0.4, -0.2) is 30.2 Å². The third kappa shape index (κ3) is 4.52. The number of amides is 2. The van der Waals surface area contributed by atoms with Crippen molar-refractivity contribution in [2.75, 3.05) is 11.5 Å². The van der Waals surface area contributed by atoms with Gasteiger partial charge in [-0.3, -0.25) is 19.3 Å². The van der Waals surface area contributed by atoms with E-state index in [2.05, 4.69) is 12.1 Å². The molecule has 176 valence electrons. The summed E-state index contributed by atoms with van der Waals surface area (Å²) in [6.45, 7) is -0.361. The lowest BCUT2D eigenvalue weighted by atomic mass is 9.73. The van der Waals surface area contributed by atoms with Crippen molar-refractivity contribution in [2.45, 2.75) is 25.2 Å². The van der Waals surface area contributed by atoms with Crippen molar-refractivity contribution in [1.29, 1.82) is 0 Å². The highest BCUT2D eigenvalue weighted by Gasteiger charge is 2.50. The zero-order chi connectivity index (χ0) is 24.4. The highest BCUT2D eigenvalue weighted by Crippen LogP contribution is 2.45. The number of benzene rings is 3. The Hall–Kier alpha value is -4.06. The molecule has 2 aliphatic rings. The summed E-state index contributed by atoms with van der Waals surface area (Å²) < 4.78 is 5.15. The fraction of sp³-hybridized carbons (Fsp3) is 0.241. The van der Waals surface area contributed by atoms with Gasteiger partial charge in [-0.2, -0.15) is 0 Å². The van der Waals surface area contributed by atoms with Gasteiger partial charge in [0.25, 0.3) is 0 Å². The first-order valence-electron chi connectivity index (χ1n) is 11.8. The zero-order valence-corrected chi connectivity index (χ0v) is 19.1. The van der Waals surface area contributed by atoms with Crippen LogP contribution in [0, 0.1) is 11.8 Å². The van der Waals surface area contributed by atoms with Gasteiger partial charge in [0.05, 0.1) is 23.1 Å². The van der Waals surface area contributed by atoms with E-state index in [1.54, 1.807) is 42.5 Å². The minimum absolute atomic E-state index is 0.171. The SMILES string of the molecule is O=C(COC(=O)c1ccc(N2C(=O)[C@H]3CC[C@H](c4ccccc4)C[C@H]3C2=O)cc1)c1ccccc1. The second-order valence-electron chi connectivity index (χ2n) is 9.06. The van der Waals surface area contributed by atoms with Gasteiger partial charge in [0.15, 0.2) is 12.4 Å². The number of ketones is 1. The van der Waals surface area contributed by atoms with Gasteiger partial charge in [-0.05, 0) is 55.0 Å². The van der Waals surface area contributed by atoms with E-state index in [1.807, 2.05) is 18.2 Å². The van der Waals surface area contributed by atoms with Crippen LogP contribution in [0.25, 0.3) is 0 Å². The summed E-state index contributed by atoms with van der Waals surface area (Å²) in [6, 6.07) is 24.9. The Labute approximate surface area is 203 Å². The Morgan fingerprint density at radius 1 is 0.743 bits per heavy atom. The highest BCUT2D eigenvalue weighted by atomic mass is 16.5. The Bertz CT molecular complexity index is 1250. The molecular formula is C29H25NO5. The minimum atomic E-state index is -0.640. The maximum absolute atomic E-state index is 13.2. The molecule has 6 nitrogen and oxygen atoms in total. The van der Waals surface area contributed by atoms with Gasteiger partial charge in [0.1, 0.15) is 0 Å². The number of hydrogen-bond acceptors (Lipinski definition) is 5. The molecule has 0 bridgehead atoms. The first-order valence-corrected chi connectivity index (χ1v) is 11.8. The third-order valence-electron chi connectivity index (χ3n) is 6.99. The van der Waals surface area contributed by atoms with Crippen LogP contribution in [-0.2, 0) is 14.3 Å². The summed E-state index contributed by atoms with van der Waals surface area (Å²) >= 11 is 0. The summed E-state index contributed by atoms with van der Waals surface area (Å²) in [5.74, 6) is -1.63. The van der Waals surface area contributed by atoms with Crippen molar-refractivity contribution in [3.8, 4) is 0 Å². The number of carbonyl (C=O) groups is 4. The number of anilines is 1. The van der Waals surface area contributed by atoms with Crippen LogP contribution in [0.4, 0.5) is 5.69 Å².